The van der Waals surface area contributed by atoms with Crippen LogP contribution < -0.4 is 9.64 Å². The van der Waals surface area contributed by atoms with Crippen molar-refractivity contribution in [2.75, 3.05) is 24.6 Å². The van der Waals surface area contributed by atoms with Gasteiger partial charge in [-0.25, -0.2) is 4.79 Å². The smallest absolute Gasteiger partial charge is 0.339 e. The largest absolute Gasteiger partial charge is 0.507 e. The second-order valence-electron chi connectivity index (χ2n) is 8.85. The highest BCUT2D eigenvalue weighted by molar-refractivity contribution is 6.02. The summed E-state index contributed by atoms with van der Waals surface area (Å²) in [5.74, 6) is -1.32. The number of piperidine rings is 1. The minimum Gasteiger partial charge on any atom is -0.507 e. The number of hydrogen-bond acceptors (Lipinski definition) is 6. The Balaban J connectivity index is 1.83. The summed E-state index contributed by atoms with van der Waals surface area (Å²) in [5, 5.41) is 31.9. The van der Waals surface area contributed by atoms with Crippen molar-refractivity contribution >= 4 is 17.4 Å². The van der Waals surface area contributed by atoms with Gasteiger partial charge in [-0.2, -0.15) is 0 Å². The number of nitrogens with zero attached hydrogens (tertiary/aromatic N) is 2. The van der Waals surface area contributed by atoms with E-state index < -0.39 is 5.97 Å². The van der Waals surface area contributed by atoms with E-state index in [2.05, 4.69) is 36.9 Å². The van der Waals surface area contributed by atoms with Crippen LogP contribution in [0.2, 0.25) is 0 Å². The number of aromatic carboxylic acids is 1. The first-order valence-corrected chi connectivity index (χ1v) is 10.5. The van der Waals surface area contributed by atoms with Gasteiger partial charge in [0, 0.05) is 30.4 Å². The summed E-state index contributed by atoms with van der Waals surface area (Å²) in [6, 6.07) is 10.0. The molecule has 0 radical (unpaired) electrons. The summed E-state index contributed by atoms with van der Waals surface area (Å²) in [7, 11) is 0. The SMILES string of the molecule is CC(C)(C)c1cc(C(COc2ccc(C(=O)O)c(O)c2)=NO)ccc1N1CCCCC1. The lowest BCUT2D eigenvalue weighted by Gasteiger charge is -2.34. The molecule has 0 saturated carbocycles. The van der Waals surface area contributed by atoms with Gasteiger partial charge in [-0.05, 0) is 54.5 Å². The Labute approximate surface area is 182 Å². The Kier molecular flexibility index (Phi) is 6.73. The molecule has 7 nitrogen and oxygen atoms in total. The summed E-state index contributed by atoms with van der Waals surface area (Å²) in [4.78, 5) is 13.5. The molecule has 1 aliphatic rings. The van der Waals surface area contributed by atoms with Gasteiger partial charge in [0.25, 0.3) is 0 Å². The highest BCUT2D eigenvalue weighted by Crippen LogP contribution is 2.34. The molecule has 1 fully saturated rings. The summed E-state index contributed by atoms with van der Waals surface area (Å²) in [6.07, 6.45) is 3.65. The Morgan fingerprint density at radius 1 is 1.10 bits per heavy atom. The third kappa shape index (κ3) is 5.29. The zero-order valence-corrected chi connectivity index (χ0v) is 18.3. The van der Waals surface area contributed by atoms with Crippen LogP contribution in [0.5, 0.6) is 11.5 Å². The third-order valence-electron chi connectivity index (χ3n) is 5.53. The number of benzene rings is 2. The van der Waals surface area contributed by atoms with E-state index in [1.807, 2.05) is 12.1 Å². The van der Waals surface area contributed by atoms with Crippen molar-refractivity contribution < 1.29 is 25.0 Å². The number of rotatable bonds is 6. The molecule has 3 N–H and O–H groups in total. The molecule has 0 aliphatic carbocycles. The lowest BCUT2D eigenvalue weighted by atomic mass is 9.83. The van der Waals surface area contributed by atoms with Crippen LogP contribution in [-0.2, 0) is 5.41 Å². The summed E-state index contributed by atoms with van der Waals surface area (Å²) in [5.41, 5.74) is 3.19. The van der Waals surface area contributed by atoms with E-state index in [0.717, 1.165) is 18.7 Å². The number of ether oxygens (including phenoxy) is 1. The Bertz CT molecular complexity index is 972. The van der Waals surface area contributed by atoms with Crippen molar-refractivity contribution in [2.45, 2.75) is 45.4 Å². The Morgan fingerprint density at radius 2 is 1.81 bits per heavy atom. The van der Waals surface area contributed by atoms with Crippen molar-refractivity contribution in [3.05, 3.63) is 53.1 Å². The number of hydrogen-bond donors (Lipinski definition) is 3. The molecule has 3 rings (SSSR count). The third-order valence-corrected chi connectivity index (χ3v) is 5.53. The fourth-order valence-corrected chi connectivity index (χ4v) is 3.83. The first kappa shape index (κ1) is 22.5. The molecule has 0 bridgehead atoms. The molecule has 1 heterocycles. The molecule has 1 saturated heterocycles. The number of aromatic hydroxyl groups is 1. The molecule has 0 spiro atoms. The maximum atomic E-state index is 11.0. The van der Waals surface area contributed by atoms with Crippen LogP contribution in [-0.4, -0.2) is 46.8 Å². The molecular formula is C24H30N2O5. The molecule has 0 aromatic heterocycles. The fourth-order valence-electron chi connectivity index (χ4n) is 3.83. The number of phenols is 1. The second kappa shape index (κ2) is 9.29. The van der Waals surface area contributed by atoms with Crippen LogP contribution in [0.4, 0.5) is 5.69 Å². The van der Waals surface area contributed by atoms with E-state index >= 15 is 0 Å². The topological polar surface area (TPSA) is 103 Å². The first-order chi connectivity index (χ1) is 14.7. The van der Waals surface area contributed by atoms with E-state index in [9.17, 15) is 15.1 Å². The van der Waals surface area contributed by atoms with Crippen molar-refractivity contribution in [1.82, 2.24) is 0 Å². The van der Waals surface area contributed by atoms with Gasteiger partial charge < -0.3 is 25.1 Å². The highest BCUT2D eigenvalue weighted by Gasteiger charge is 2.24. The molecule has 166 valence electrons. The minimum absolute atomic E-state index is 0.0327. The second-order valence-corrected chi connectivity index (χ2v) is 8.85. The van der Waals surface area contributed by atoms with E-state index in [4.69, 9.17) is 9.84 Å². The number of carboxylic acids is 1. The van der Waals surface area contributed by atoms with Gasteiger partial charge in [-0.15, -0.1) is 0 Å². The van der Waals surface area contributed by atoms with Gasteiger partial charge in [-0.1, -0.05) is 32.0 Å². The summed E-state index contributed by atoms with van der Waals surface area (Å²) < 4.78 is 5.65. The lowest BCUT2D eigenvalue weighted by Crippen LogP contribution is -2.32. The maximum absolute atomic E-state index is 11.0. The number of oxime groups is 1. The molecule has 2 aromatic rings. The lowest BCUT2D eigenvalue weighted by molar-refractivity contribution is 0.0693. The zero-order valence-electron chi connectivity index (χ0n) is 18.3. The quantitative estimate of drug-likeness (QED) is 0.353. The van der Waals surface area contributed by atoms with E-state index in [1.54, 1.807) is 0 Å². The van der Waals surface area contributed by atoms with Gasteiger partial charge in [0.05, 0.1) is 0 Å². The maximum Gasteiger partial charge on any atom is 0.339 e. The van der Waals surface area contributed by atoms with E-state index in [0.29, 0.717) is 5.71 Å². The standard InChI is InChI=1S/C24H30N2O5/c1-24(2,3)19-13-16(7-10-21(19)26-11-5-4-6-12-26)20(25-30)15-31-17-8-9-18(23(28)29)22(27)14-17/h7-10,13-14,27,30H,4-6,11-12,15H2,1-3H3,(H,28,29). The van der Waals surface area contributed by atoms with Crippen LogP contribution in [0.25, 0.3) is 0 Å². The average molecular weight is 427 g/mol. The highest BCUT2D eigenvalue weighted by atomic mass is 16.5. The van der Waals surface area contributed by atoms with Gasteiger partial charge >= 0.3 is 5.97 Å². The predicted molar refractivity (Wildman–Crippen MR) is 120 cm³/mol. The molecule has 31 heavy (non-hydrogen) atoms. The van der Waals surface area contributed by atoms with Crippen molar-refractivity contribution in [2.24, 2.45) is 5.16 Å². The van der Waals surface area contributed by atoms with Crippen molar-refractivity contribution in [1.29, 1.82) is 0 Å². The van der Waals surface area contributed by atoms with Crippen LogP contribution in [0, 0.1) is 0 Å². The van der Waals surface area contributed by atoms with Gasteiger partial charge in [0.2, 0.25) is 0 Å². The molecule has 0 atom stereocenters. The van der Waals surface area contributed by atoms with Gasteiger partial charge in [-0.3, -0.25) is 0 Å². The normalized spacial score (nSPS) is 15.1. The Morgan fingerprint density at radius 3 is 2.39 bits per heavy atom. The number of anilines is 1. The molecule has 0 unspecified atom stereocenters. The molecule has 1 aliphatic heterocycles. The van der Waals surface area contributed by atoms with E-state index in [1.165, 1.54) is 48.7 Å². The molecule has 2 aromatic carbocycles. The van der Waals surface area contributed by atoms with Crippen molar-refractivity contribution in [3.63, 3.8) is 0 Å². The summed E-state index contributed by atoms with van der Waals surface area (Å²) in [6.45, 7) is 8.55. The predicted octanol–water partition coefficient (Wildman–Crippen LogP) is 4.64. The zero-order chi connectivity index (χ0) is 22.6. The van der Waals surface area contributed by atoms with Crippen LogP contribution in [0.3, 0.4) is 0 Å². The number of carboxylic acid groups (broad SMARTS) is 1. The van der Waals surface area contributed by atoms with Gasteiger partial charge in [0.15, 0.2) is 0 Å². The molecule has 7 heteroatoms. The average Bonchev–Trinajstić information content (AvgIpc) is 2.74. The van der Waals surface area contributed by atoms with Gasteiger partial charge in [0.1, 0.15) is 29.4 Å². The van der Waals surface area contributed by atoms with Crippen LogP contribution in [0.1, 0.15) is 61.5 Å². The van der Waals surface area contributed by atoms with Crippen LogP contribution >= 0.6 is 0 Å². The summed E-state index contributed by atoms with van der Waals surface area (Å²) >= 11 is 0. The monoisotopic (exact) mass is 426 g/mol. The fraction of sp³-hybridized carbons (Fsp3) is 0.417. The molecule has 0 amide bonds. The number of carbonyl (C=O) groups is 1. The van der Waals surface area contributed by atoms with E-state index in [-0.39, 0.29) is 29.1 Å². The Hall–Kier alpha value is -3.22. The van der Waals surface area contributed by atoms with Crippen molar-refractivity contribution in [3.8, 4) is 11.5 Å². The minimum atomic E-state index is -1.22. The first-order valence-electron chi connectivity index (χ1n) is 10.5. The molecular weight excluding hydrogens is 396 g/mol. The van der Waals surface area contributed by atoms with Crippen LogP contribution in [0.15, 0.2) is 41.6 Å².